The minimum atomic E-state index is -0.553. The Hall–Kier alpha value is -2.76. The highest BCUT2D eigenvalue weighted by Crippen LogP contribution is 2.22. The lowest BCUT2D eigenvalue weighted by Gasteiger charge is -2.09. The third-order valence-corrected chi connectivity index (χ3v) is 2.80. The van der Waals surface area contributed by atoms with Gasteiger partial charge in [-0.1, -0.05) is 6.07 Å². The van der Waals surface area contributed by atoms with E-state index in [1.54, 1.807) is 19.2 Å². The van der Waals surface area contributed by atoms with Crippen LogP contribution < -0.4 is 21.5 Å². The van der Waals surface area contributed by atoms with E-state index in [0.29, 0.717) is 18.0 Å². The Labute approximate surface area is 116 Å². The molecule has 0 spiro atoms. The topological polar surface area (TPSA) is 103 Å². The molecule has 1 aromatic carbocycles. The molecule has 0 radical (unpaired) electrons. The van der Waals surface area contributed by atoms with Crippen LogP contribution in [0.15, 0.2) is 36.5 Å². The molecule has 1 heterocycles. The number of amides is 1. The number of ether oxygens (including phenoxy) is 1. The molecule has 6 heteroatoms. The second-order valence-electron chi connectivity index (χ2n) is 4.22. The first-order valence-corrected chi connectivity index (χ1v) is 6.02. The van der Waals surface area contributed by atoms with Crippen molar-refractivity contribution >= 4 is 17.3 Å². The number of methoxy groups -OCH3 is 1. The van der Waals surface area contributed by atoms with Crippen LogP contribution in [0.4, 0.5) is 11.4 Å². The maximum Gasteiger partial charge on any atom is 0.267 e. The van der Waals surface area contributed by atoms with Gasteiger partial charge in [-0.3, -0.25) is 9.78 Å². The fourth-order valence-corrected chi connectivity index (χ4v) is 1.77. The van der Waals surface area contributed by atoms with Crippen molar-refractivity contribution in [3.63, 3.8) is 0 Å². The number of anilines is 2. The summed E-state index contributed by atoms with van der Waals surface area (Å²) in [5.41, 5.74) is 13.6. The van der Waals surface area contributed by atoms with Crippen LogP contribution in [0.2, 0.25) is 0 Å². The van der Waals surface area contributed by atoms with Crippen molar-refractivity contribution in [3.8, 4) is 5.75 Å². The number of pyridine rings is 1. The highest BCUT2D eigenvalue weighted by Gasteiger charge is 2.04. The Morgan fingerprint density at radius 1 is 1.35 bits per heavy atom. The molecular formula is C14H16N4O2. The van der Waals surface area contributed by atoms with Crippen molar-refractivity contribution < 1.29 is 9.53 Å². The first kappa shape index (κ1) is 13.7. The molecule has 0 aliphatic rings. The summed E-state index contributed by atoms with van der Waals surface area (Å²) in [5, 5.41) is 3.18. The number of nitrogens with two attached hydrogens (primary N) is 2. The Bertz CT molecular complexity index is 628. The summed E-state index contributed by atoms with van der Waals surface area (Å²) >= 11 is 0. The van der Waals surface area contributed by atoms with E-state index in [0.717, 1.165) is 11.3 Å². The molecule has 104 valence electrons. The molecule has 1 aromatic heterocycles. The Kier molecular flexibility index (Phi) is 4.05. The van der Waals surface area contributed by atoms with Gasteiger partial charge in [0.2, 0.25) is 0 Å². The highest BCUT2D eigenvalue weighted by atomic mass is 16.5. The molecule has 20 heavy (non-hydrogen) atoms. The first-order valence-electron chi connectivity index (χ1n) is 6.02. The van der Waals surface area contributed by atoms with E-state index in [1.807, 2.05) is 18.2 Å². The SMILES string of the molecule is COc1ccc(CNc2ccnc(C(N)=O)c2)cc1N. The summed E-state index contributed by atoms with van der Waals surface area (Å²) in [6.45, 7) is 0.566. The lowest BCUT2D eigenvalue weighted by atomic mass is 10.2. The number of nitrogen functional groups attached to an aromatic ring is 1. The van der Waals surface area contributed by atoms with Crippen LogP contribution in [0.1, 0.15) is 16.1 Å². The first-order chi connectivity index (χ1) is 9.60. The van der Waals surface area contributed by atoms with Gasteiger partial charge >= 0.3 is 0 Å². The maximum absolute atomic E-state index is 11.0. The van der Waals surface area contributed by atoms with Crippen LogP contribution in [-0.2, 0) is 6.54 Å². The number of hydrogen-bond acceptors (Lipinski definition) is 5. The van der Waals surface area contributed by atoms with Crippen LogP contribution in [0.5, 0.6) is 5.75 Å². The predicted octanol–water partition coefficient (Wildman–Crippen LogP) is 1.38. The van der Waals surface area contributed by atoms with Gasteiger partial charge in [-0.05, 0) is 29.8 Å². The van der Waals surface area contributed by atoms with E-state index in [1.165, 1.54) is 6.20 Å². The zero-order valence-electron chi connectivity index (χ0n) is 11.1. The lowest BCUT2D eigenvalue weighted by Crippen LogP contribution is -2.13. The standard InChI is InChI=1S/C14H16N4O2/c1-20-13-3-2-9(6-11(13)15)8-18-10-4-5-17-12(7-10)14(16)19/h2-7H,8,15H2,1H3,(H2,16,19)(H,17,18). The van der Waals surface area contributed by atoms with Gasteiger partial charge in [-0.25, -0.2) is 0 Å². The number of carbonyl (C=O) groups excluding carboxylic acids is 1. The van der Waals surface area contributed by atoms with Crippen molar-refractivity contribution in [1.29, 1.82) is 0 Å². The average Bonchev–Trinajstić information content (AvgIpc) is 2.45. The molecule has 0 unspecified atom stereocenters. The largest absolute Gasteiger partial charge is 0.495 e. The van der Waals surface area contributed by atoms with Gasteiger partial charge in [0.25, 0.3) is 5.91 Å². The maximum atomic E-state index is 11.0. The van der Waals surface area contributed by atoms with E-state index in [2.05, 4.69) is 10.3 Å². The van der Waals surface area contributed by atoms with Crippen molar-refractivity contribution in [3.05, 3.63) is 47.8 Å². The quantitative estimate of drug-likeness (QED) is 0.713. The lowest BCUT2D eigenvalue weighted by molar-refractivity contribution is 0.0995. The minimum Gasteiger partial charge on any atom is -0.495 e. The summed E-state index contributed by atoms with van der Waals surface area (Å²) in [6.07, 6.45) is 1.53. The van der Waals surface area contributed by atoms with E-state index >= 15 is 0 Å². The molecule has 6 nitrogen and oxygen atoms in total. The summed E-state index contributed by atoms with van der Waals surface area (Å²) in [7, 11) is 1.58. The Morgan fingerprint density at radius 2 is 2.15 bits per heavy atom. The van der Waals surface area contributed by atoms with E-state index < -0.39 is 5.91 Å². The number of aromatic nitrogens is 1. The van der Waals surface area contributed by atoms with Gasteiger partial charge < -0.3 is 21.5 Å². The molecule has 2 rings (SSSR count). The highest BCUT2D eigenvalue weighted by molar-refractivity contribution is 5.91. The molecule has 0 saturated carbocycles. The second-order valence-corrected chi connectivity index (χ2v) is 4.22. The fraction of sp³-hybridized carbons (Fsp3) is 0.143. The molecule has 0 aliphatic heterocycles. The van der Waals surface area contributed by atoms with E-state index in [9.17, 15) is 4.79 Å². The molecule has 5 N–H and O–H groups in total. The van der Waals surface area contributed by atoms with Crippen molar-refractivity contribution in [2.24, 2.45) is 5.73 Å². The van der Waals surface area contributed by atoms with Gasteiger partial charge in [-0.2, -0.15) is 0 Å². The van der Waals surface area contributed by atoms with E-state index in [-0.39, 0.29) is 5.69 Å². The van der Waals surface area contributed by atoms with Gasteiger partial charge in [-0.15, -0.1) is 0 Å². The third-order valence-electron chi connectivity index (χ3n) is 2.80. The van der Waals surface area contributed by atoms with Crippen LogP contribution in [-0.4, -0.2) is 18.0 Å². The van der Waals surface area contributed by atoms with E-state index in [4.69, 9.17) is 16.2 Å². The average molecular weight is 272 g/mol. The number of rotatable bonds is 5. The van der Waals surface area contributed by atoms with Gasteiger partial charge in [0.15, 0.2) is 0 Å². The number of benzene rings is 1. The fourth-order valence-electron chi connectivity index (χ4n) is 1.77. The van der Waals surface area contributed by atoms with Crippen LogP contribution >= 0.6 is 0 Å². The summed E-state index contributed by atoms with van der Waals surface area (Å²) in [4.78, 5) is 14.9. The predicted molar refractivity (Wildman–Crippen MR) is 77.5 cm³/mol. The summed E-state index contributed by atoms with van der Waals surface area (Å²) < 4.78 is 5.10. The zero-order valence-corrected chi connectivity index (χ0v) is 11.1. The number of nitrogens with one attached hydrogen (secondary N) is 1. The smallest absolute Gasteiger partial charge is 0.267 e. The monoisotopic (exact) mass is 272 g/mol. The van der Waals surface area contributed by atoms with Gasteiger partial charge in [0.05, 0.1) is 12.8 Å². The molecule has 0 aliphatic carbocycles. The Morgan fingerprint density at radius 3 is 2.80 bits per heavy atom. The third kappa shape index (κ3) is 3.17. The van der Waals surface area contributed by atoms with Gasteiger partial charge in [0, 0.05) is 18.4 Å². The molecule has 0 bridgehead atoms. The van der Waals surface area contributed by atoms with Crippen LogP contribution in [0.3, 0.4) is 0 Å². The minimum absolute atomic E-state index is 0.226. The second kappa shape index (κ2) is 5.92. The van der Waals surface area contributed by atoms with Crippen molar-refractivity contribution in [1.82, 2.24) is 4.98 Å². The number of nitrogens with zero attached hydrogens (tertiary/aromatic N) is 1. The van der Waals surface area contributed by atoms with Crippen molar-refractivity contribution in [2.45, 2.75) is 6.54 Å². The van der Waals surface area contributed by atoms with Crippen LogP contribution in [0, 0.1) is 0 Å². The summed E-state index contributed by atoms with van der Waals surface area (Å²) in [5.74, 6) is 0.0935. The summed E-state index contributed by atoms with van der Waals surface area (Å²) in [6, 6.07) is 8.93. The number of primary amides is 1. The molecule has 0 atom stereocenters. The molecule has 2 aromatic rings. The molecule has 1 amide bonds. The number of hydrogen-bond donors (Lipinski definition) is 3. The molecule has 0 fully saturated rings. The van der Waals surface area contributed by atoms with Gasteiger partial charge in [0.1, 0.15) is 11.4 Å². The molecule has 0 saturated heterocycles. The Balaban J connectivity index is 2.07. The zero-order chi connectivity index (χ0) is 14.5. The van der Waals surface area contributed by atoms with Crippen molar-refractivity contribution in [2.75, 3.05) is 18.2 Å². The normalized spacial score (nSPS) is 10.1. The van der Waals surface area contributed by atoms with Crippen LogP contribution in [0.25, 0.3) is 0 Å². The number of carbonyl (C=O) groups is 1. The molecular weight excluding hydrogens is 256 g/mol.